The minimum Gasteiger partial charge on any atom is -0.464 e. The number of carbonyl (C=O) groups is 1. The van der Waals surface area contributed by atoms with Gasteiger partial charge in [0, 0.05) is 6.20 Å². The number of hydrogen-bond donors (Lipinski definition) is 3. The molecule has 26 heavy (non-hydrogen) atoms. The maximum absolute atomic E-state index is 11.9. The molecule has 0 amide bonds. The Morgan fingerprint density at radius 1 is 1.54 bits per heavy atom. The van der Waals surface area contributed by atoms with Gasteiger partial charge in [0.25, 0.3) is 5.56 Å². The lowest BCUT2D eigenvalue weighted by atomic mass is 9.97. The van der Waals surface area contributed by atoms with Gasteiger partial charge in [-0.1, -0.05) is 0 Å². The monoisotopic (exact) mass is 381 g/mol. The molecule has 4 N–H and O–H groups in total. The highest BCUT2D eigenvalue weighted by molar-refractivity contribution is 7.59. The second-order valence-electron chi connectivity index (χ2n) is 7.37. The van der Waals surface area contributed by atoms with Crippen molar-refractivity contribution >= 4 is 42.8 Å². The van der Waals surface area contributed by atoms with Gasteiger partial charge in [0.1, 0.15) is 12.9 Å². The number of esters is 1. The molecule has 1 fully saturated rings. The van der Waals surface area contributed by atoms with Crippen molar-refractivity contribution in [2.45, 2.75) is 27.2 Å². The van der Waals surface area contributed by atoms with Gasteiger partial charge >= 0.3 is 5.97 Å². The number of anilines is 1. The second kappa shape index (κ2) is 6.76. The lowest BCUT2D eigenvalue weighted by Crippen LogP contribution is -2.27. The quantitative estimate of drug-likeness (QED) is 0.661. The van der Waals surface area contributed by atoms with Crippen LogP contribution in [0.2, 0.25) is 0 Å². The van der Waals surface area contributed by atoms with E-state index in [0.717, 1.165) is 5.57 Å². The molecule has 1 saturated carbocycles. The normalized spacial score (nSPS) is 20.8. The predicted molar refractivity (Wildman–Crippen MR) is 102 cm³/mol. The molecule has 0 bridgehead atoms. The van der Waals surface area contributed by atoms with E-state index in [1.165, 1.54) is 6.33 Å². The summed E-state index contributed by atoms with van der Waals surface area (Å²) in [5.41, 5.74) is 5.37. The Morgan fingerprint density at radius 3 is 2.85 bits per heavy atom. The molecule has 0 spiro atoms. The number of imidazole rings is 1. The van der Waals surface area contributed by atoms with Gasteiger partial charge in [-0.25, -0.2) is 4.98 Å². The van der Waals surface area contributed by atoms with Crippen LogP contribution < -0.4 is 11.3 Å². The first kappa shape index (κ1) is 20.0. The summed E-state index contributed by atoms with van der Waals surface area (Å²) in [6.07, 6.45) is 3.78. The van der Waals surface area contributed by atoms with Gasteiger partial charge in [-0.3, -0.25) is 19.1 Å². The van der Waals surface area contributed by atoms with Crippen LogP contribution in [0.25, 0.3) is 17.4 Å². The molecular weight excluding hydrogens is 358 g/mol. The molecule has 10 heteroatoms. The number of nitrogen functional groups attached to an aromatic ring is 1. The summed E-state index contributed by atoms with van der Waals surface area (Å²) >= 11 is 0. The van der Waals surface area contributed by atoms with Crippen molar-refractivity contribution in [1.82, 2.24) is 19.5 Å². The van der Waals surface area contributed by atoms with Crippen LogP contribution in [0.1, 0.15) is 27.2 Å². The standard InChI is InChI=1S/C16H21N5O4.H2S/c1-15(2,3)13(24)25-7-16(6-22)4-9(16)5-21-8-18-10-11(21)19-14(17)20-12(10)23;/h5,8,22H,4,6-7H2,1-3H3,(H3,17,19,20,23);1H2/b9-5-;. The summed E-state index contributed by atoms with van der Waals surface area (Å²) in [4.78, 5) is 34.2. The van der Waals surface area contributed by atoms with Gasteiger partial charge in [0.2, 0.25) is 5.95 Å². The second-order valence-corrected chi connectivity index (χ2v) is 7.37. The number of aromatic nitrogens is 4. The molecule has 0 aromatic carbocycles. The van der Waals surface area contributed by atoms with Crippen LogP contribution in [-0.2, 0) is 9.53 Å². The van der Waals surface area contributed by atoms with Crippen LogP contribution in [0.15, 0.2) is 16.7 Å². The van der Waals surface area contributed by atoms with Crippen molar-refractivity contribution in [3.8, 4) is 0 Å². The Labute approximate surface area is 156 Å². The molecule has 3 rings (SSSR count). The zero-order chi connectivity index (χ0) is 18.4. The number of aliphatic hydroxyl groups excluding tert-OH is 1. The number of hydrogen-bond acceptors (Lipinski definition) is 7. The van der Waals surface area contributed by atoms with E-state index in [1.807, 2.05) is 0 Å². The molecule has 0 aliphatic heterocycles. The van der Waals surface area contributed by atoms with Gasteiger partial charge in [0.15, 0.2) is 11.2 Å². The number of nitrogens with two attached hydrogens (primary N) is 1. The van der Waals surface area contributed by atoms with Gasteiger partial charge < -0.3 is 15.6 Å². The van der Waals surface area contributed by atoms with Gasteiger partial charge in [0.05, 0.1) is 17.4 Å². The van der Waals surface area contributed by atoms with E-state index >= 15 is 0 Å². The Hall–Kier alpha value is -2.33. The fourth-order valence-corrected chi connectivity index (χ4v) is 2.48. The van der Waals surface area contributed by atoms with Crippen LogP contribution in [0.5, 0.6) is 0 Å². The van der Waals surface area contributed by atoms with E-state index in [2.05, 4.69) is 15.0 Å². The maximum atomic E-state index is 11.9. The molecule has 1 unspecified atom stereocenters. The van der Waals surface area contributed by atoms with Crippen molar-refractivity contribution in [2.24, 2.45) is 10.8 Å². The van der Waals surface area contributed by atoms with E-state index in [4.69, 9.17) is 10.5 Å². The number of nitrogens with zero attached hydrogens (tertiary/aromatic N) is 3. The van der Waals surface area contributed by atoms with Crippen molar-refractivity contribution < 1.29 is 14.6 Å². The summed E-state index contributed by atoms with van der Waals surface area (Å²) in [5.74, 6) is -0.318. The molecule has 1 atom stereocenters. The molecule has 9 nitrogen and oxygen atoms in total. The molecular formula is C16H23N5O4S. The van der Waals surface area contributed by atoms with Crippen molar-refractivity contribution in [2.75, 3.05) is 18.9 Å². The van der Waals surface area contributed by atoms with Gasteiger partial charge in [-0.05, 0) is 32.8 Å². The zero-order valence-electron chi connectivity index (χ0n) is 14.9. The number of fused-ring (bicyclic) bond motifs is 1. The van der Waals surface area contributed by atoms with Crippen molar-refractivity contribution in [3.63, 3.8) is 0 Å². The fraction of sp³-hybridized carbons (Fsp3) is 0.500. The molecule has 2 aromatic rings. The number of H-pyrrole nitrogens is 1. The first-order valence-corrected chi connectivity index (χ1v) is 7.88. The van der Waals surface area contributed by atoms with Crippen molar-refractivity contribution in [3.05, 3.63) is 22.3 Å². The summed E-state index contributed by atoms with van der Waals surface area (Å²) < 4.78 is 6.93. The van der Waals surface area contributed by atoms with Gasteiger partial charge in [-0.15, -0.1) is 0 Å². The third-order valence-electron chi connectivity index (χ3n) is 4.23. The first-order valence-electron chi connectivity index (χ1n) is 7.88. The number of aromatic amines is 1. The molecule has 0 radical (unpaired) electrons. The summed E-state index contributed by atoms with van der Waals surface area (Å²) in [7, 11) is 0. The van der Waals surface area contributed by atoms with Crippen LogP contribution in [0.4, 0.5) is 5.95 Å². The average molecular weight is 381 g/mol. The number of aliphatic hydroxyl groups is 1. The zero-order valence-corrected chi connectivity index (χ0v) is 15.9. The SMILES string of the molecule is CC(C)(C)C(=O)OCC1(CO)C/C1=C/n1cnc2c(=O)[nH]c(N)nc21.S. The van der Waals surface area contributed by atoms with Crippen LogP contribution >= 0.6 is 13.5 Å². The first-order chi connectivity index (χ1) is 11.7. The minimum atomic E-state index is -0.599. The third-order valence-corrected chi connectivity index (χ3v) is 4.23. The smallest absolute Gasteiger partial charge is 0.311 e. The molecule has 2 aromatic heterocycles. The molecule has 142 valence electrons. The minimum absolute atomic E-state index is 0. The highest BCUT2D eigenvalue weighted by Gasteiger charge is 2.50. The highest BCUT2D eigenvalue weighted by atomic mass is 32.1. The lowest BCUT2D eigenvalue weighted by Gasteiger charge is -2.19. The largest absolute Gasteiger partial charge is 0.464 e. The fourth-order valence-electron chi connectivity index (χ4n) is 2.48. The molecule has 0 saturated heterocycles. The molecule has 2 heterocycles. The van der Waals surface area contributed by atoms with E-state index in [0.29, 0.717) is 12.1 Å². The van der Waals surface area contributed by atoms with E-state index in [1.54, 1.807) is 31.5 Å². The number of rotatable bonds is 4. The highest BCUT2D eigenvalue weighted by Crippen LogP contribution is 2.52. The number of nitrogens with one attached hydrogen (secondary N) is 1. The summed E-state index contributed by atoms with van der Waals surface area (Å²) in [5, 5.41) is 9.73. The summed E-state index contributed by atoms with van der Waals surface area (Å²) in [6, 6.07) is 0. The lowest BCUT2D eigenvalue weighted by molar-refractivity contribution is -0.155. The third kappa shape index (κ3) is 3.61. The van der Waals surface area contributed by atoms with Crippen molar-refractivity contribution in [1.29, 1.82) is 0 Å². The predicted octanol–water partition coefficient (Wildman–Crippen LogP) is 0.627. The number of carbonyl (C=O) groups excluding carboxylic acids is 1. The Morgan fingerprint density at radius 2 is 2.23 bits per heavy atom. The average Bonchev–Trinajstić information content (AvgIpc) is 3.06. The molecule has 1 aliphatic carbocycles. The number of ether oxygens (including phenoxy) is 1. The maximum Gasteiger partial charge on any atom is 0.311 e. The van der Waals surface area contributed by atoms with E-state index in [9.17, 15) is 14.7 Å². The summed E-state index contributed by atoms with van der Waals surface area (Å²) in [6.45, 7) is 5.29. The van der Waals surface area contributed by atoms with Crippen LogP contribution in [0, 0.1) is 10.8 Å². The molecule has 1 aliphatic rings. The van der Waals surface area contributed by atoms with E-state index in [-0.39, 0.29) is 44.1 Å². The Balaban J connectivity index is 0.00000243. The Bertz CT molecular complexity index is 927. The Kier molecular flexibility index (Phi) is 5.20. The van der Waals surface area contributed by atoms with E-state index < -0.39 is 16.4 Å². The van der Waals surface area contributed by atoms with Crippen LogP contribution in [-0.4, -0.2) is 43.8 Å². The van der Waals surface area contributed by atoms with Crippen LogP contribution in [0.3, 0.4) is 0 Å². The topological polar surface area (TPSA) is 136 Å². The van der Waals surface area contributed by atoms with Gasteiger partial charge in [-0.2, -0.15) is 18.5 Å².